The molecule has 0 unspecified atom stereocenters. The average Bonchev–Trinajstić information content (AvgIpc) is 2.81. The smallest absolute Gasteiger partial charge is 0.253 e. The fourth-order valence-electron chi connectivity index (χ4n) is 3.72. The number of nitrogens with one attached hydrogen (secondary N) is 2. The van der Waals surface area contributed by atoms with Gasteiger partial charge in [-0.15, -0.1) is 24.0 Å². The highest BCUT2D eigenvalue weighted by molar-refractivity contribution is 14.0. The Morgan fingerprint density at radius 1 is 1.06 bits per heavy atom. The van der Waals surface area contributed by atoms with Crippen molar-refractivity contribution in [3.8, 4) is 0 Å². The van der Waals surface area contributed by atoms with E-state index < -0.39 is 0 Å². The zero-order chi connectivity index (χ0) is 22.9. The quantitative estimate of drug-likeness (QED) is 0.308. The molecule has 0 bridgehead atoms. The van der Waals surface area contributed by atoms with Crippen LogP contribution in [0.5, 0.6) is 0 Å². The van der Waals surface area contributed by atoms with Gasteiger partial charge in [0, 0.05) is 58.4 Å². The molecular weight excluding hydrogens is 529 g/mol. The highest BCUT2D eigenvalue weighted by Crippen LogP contribution is 2.21. The van der Waals surface area contributed by atoms with Gasteiger partial charge >= 0.3 is 0 Å². The monoisotopic (exact) mass is 563 g/mol. The van der Waals surface area contributed by atoms with E-state index in [1.165, 1.54) is 0 Å². The Labute approximate surface area is 213 Å². The minimum Gasteiger partial charge on any atom is -0.356 e. The van der Waals surface area contributed by atoms with Crippen LogP contribution in [0.3, 0.4) is 0 Å². The summed E-state index contributed by atoms with van der Waals surface area (Å²) in [6.45, 7) is 2.15. The Kier molecular flexibility index (Phi) is 10.6. The first-order valence-electron chi connectivity index (χ1n) is 11.1. The lowest BCUT2D eigenvalue weighted by Gasteiger charge is -2.26. The standard InChI is InChI=1S/C25H33N5O2.HI/c1-26-25(27-15-14-19-7-6-8-21(17-19)24(32)29(2)3)28-18-20-10-12-22(13-11-20)30-16-5-4-9-23(30)31;/h6-8,10-13,17H,4-5,9,14-16,18H2,1-3H3,(H2,26,27,28);1H. The minimum atomic E-state index is 0. The fraction of sp³-hybridized carbons (Fsp3) is 0.400. The number of carbonyl (C=O) groups excluding carboxylic acids is 2. The van der Waals surface area contributed by atoms with Crippen LogP contribution in [0, 0.1) is 0 Å². The number of hydrogen-bond donors (Lipinski definition) is 2. The summed E-state index contributed by atoms with van der Waals surface area (Å²) in [7, 11) is 5.26. The highest BCUT2D eigenvalue weighted by atomic mass is 127. The third-order valence-corrected chi connectivity index (χ3v) is 5.54. The summed E-state index contributed by atoms with van der Waals surface area (Å²) in [5.74, 6) is 0.942. The topological polar surface area (TPSA) is 77.0 Å². The highest BCUT2D eigenvalue weighted by Gasteiger charge is 2.19. The van der Waals surface area contributed by atoms with Crippen molar-refractivity contribution in [3.05, 3.63) is 65.2 Å². The molecule has 0 radical (unpaired) electrons. The van der Waals surface area contributed by atoms with E-state index in [9.17, 15) is 9.59 Å². The van der Waals surface area contributed by atoms with Gasteiger partial charge in [-0.3, -0.25) is 14.6 Å². The van der Waals surface area contributed by atoms with Gasteiger partial charge < -0.3 is 20.4 Å². The first-order chi connectivity index (χ1) is 15.5. The average molecular weight is 563 g/mol. The molecule has 1 aliphatic heterocycles. The molecule has 178 valence electrons. The molecule has 8 heteroatoms. The molecule has 2 N–H and O–H groups in total. The van der Waals surface area contributed by atoms with Gasteiger partial charge in [-0.25, -0.2) is 0 Å². The Balaban J connectivity index is 0.00000385. The summed E-state index contributed by atoms with van der Waals surface area (Å²) in [6, 6.07) is 15.8. The zero-order valence-corrected chi connectivity index (χ0v) is 22.0. The Morgan fingerprint density at radius 3 is 2.48 bits per heavy atom. The van der Waals surface area contributed by atoms with Crippen molar-refractivity contribution in [1.82, 2.24) is 15.5 Å². The van der Waals surface area contributed by atoms with Gasteiger partial charge in [0.1, 0.15) is 0 Å². The van der Waals surface area contributed by atoms with Crippen molar-refractivity contribution in [2.45, 2.75) is 32.2 Å². The molecule has 1 aliphatic rings. The number of guanidine groups is 1. The number of hydrogen-bond acceptors (Lipinski definition) is 3. The lowest BCUT2D eigenvalue weighted by atomic mass is 10.1. The summed E-state index contributed by atoms with van der Waals surface area (Å²) in [4.78, 5) is 32.0. The van der Waals surface area contributed by atoms with Crippen LogP contribution >= 0.6 is 24.0 Å². The van der Waals surface area contributed by atoms with Crippen LogP contribution in [0.15, 0.2) is 53.5 Å². The molecule has 0 aromatic heterocycles. The molecule has 2 amide bonds. The molecule has 1 heterocycles. The van der Waals surface area contributed by atoms with E-state index in [4.69, 9.17) is 0 Å². The van der Waals surface area contributed by atoms with Crippen molar-refractivity contribution in [2.24, 2.45) is 4.99 Å². The maximum Gasteiger partial charge on any atom is 0.253 e. The maximum absolute atomic E-state index is 12.1. The molecule has 0 aliphatic carbocycles. The van der Waals surface area contributed by atoms with E-state index in [0.717, 1.165) is 48.6 Å². The number of benzene rings is 2. The number of halogens is 1. The second-order valence-corrected chi connectivity index (χ2v) is 8.17. The minimum absolute atomic E-state index is 0. The third-order valence-electron chi connectivity index (χ3n) is 5.54. The molecular formula is C25H34IN5O2. The number of carbonyl (C=O) groups is 2. The largest absolute Gasteiger partial charge is 0.356 e. The van der Waals surface area contributed by atoms with Gasteiger partial charge in [-0.2, -0.15) is 0 Å². The summed E-state index contributed by atoms with van der Waals surface area (Å²) < 4.78 is 0. The summed E-state index contributed by atoms with van der Waals surface area (Å²) in [5.41, 5.74) is 3.89. The molecule has 2 aromatic rings. The first kappa shape index (κ1) is 26.6. The van der Waals surface area contributed by atoms with Crippen LogP contribution < -0.4 is 15.5 Å². The van der Waals surface area contributed by atoms with Crippen LogP contribution in [-0.4, -0.2) is 56.9 Å². The second kappa shape index (κ2) is 13.2. The predicted molar refractivity (Wildman–Crippen MR) is 144 cm³/mol. The van der Waals surface area contributed by atoms with E-state index in [2.05, 4.69) is 15.6 Å². The van der Waals surface area contributed by atoms with Gasteiger partial charge in [0.15, 0.2) is 5.96 Å². The molecule has 3 rings (SSSR count). The number of piperidine rings is 1. The lowest BCUT2D eigenvalue weighted by molar-refractivity contribution is -0.119. The predicted octanol–water partition coefficient (Wildman–Crippen LogP) is 3.43. The van der Waals surface area contributed by atoms with Gasteiger partial charge in [0.2, 0.25) is 5.91 Å². The molecule has 0 saturated carbocycles. The molecule has 0 atom stereocenters. The van der Waals surface area contributed by atoms with Crippen LogP contribution in [0.2, 0.25) is 0 Å². The molecule has 2 aromatic carbocycles. The molecule has 0 spiro atoms. The Hall–Kier alpha value is -2.62. The van der Waals surface area contributed by atoms with E-state index in [-0.39, 0.29) is 35.8 Å². The summed E-state index contributed by atoms with van der Waals surface area (Å²) in [6.07, 6.45) is 3.48. The van der Waals surface area contributed by atoms with E-state index in [0.29, 0.717) is 25.1 Å². The van der Waals surface area contributed by atoms with Crippen molar-refractivity contribution in [1.29, 1.82) is 0 Å². The molecule has 7 nitrogen and oxygen atoms in total. The van der Waals surface area contributed by atoms with Crippen molar-refractivity contribution < 1.29 is 9.59 Å². The number of anilines is 1. The van der Waals surface area contributed by atoms with Crippen molar-refractivity contribution in [2.75, 3.05) is 39.1 Å². The van der Waals surface area contributed by atoms with Crippen LogP contribution in [0.4, 0.5) is 5.69 Å². The van der Waals surface area contributed by atoms with Crippen LogP contribution in [-0.2, 0) is 17.8 Å². The summed E-state index contributed by atoms with van der Waals surface area (Å²) in [5, 5.41) is 6.64. The van der Waals surface area contributed by atoms with Crippen LogP contribution in [0.25, 0.3) is 0 Å². The first-order valence-corrected chi connectivity index (χ1v) is 11.1. The zero-order valence-electron chi connectivity index (χ0n) is 19.6. The Morgan fingerprint density at radius 2 is 1.82 bits per heavy atom. The van der Waals surface area contributed by atoms with Gasteiger partial charge in [0.05, 0.1) is 0 Å². The second-order valence-electron chi connectivity index (χ2n) is 8.17. The van der Waals surface area contributed by atoms with Crippen LogP contribution in [0.1, 0.15) is 40.7 Å². The lowest BCUT2D eigenvalue weighted by Crippen LogP contribution is -2.38. The third kappa shape index (κ3) is 7.73. The number of aliphatic imine (C=N–C) groups is 1. The number of nitrogens with zero attached hydrogens (tertiary/aromatic N) is 3. The maximum atomic E-state index is 12.1. The van der Waals surface area contributed by atoms with Gasteiger partial charge in [0.25, 0.3) is 5.91 Å². The van der Waals surface area contributed by atoms with Crippen molar-refractivity contribution >= 4 is 47.4 Å². The van der Waals surface area contributed by atoms with E-state index >= 15 is 0 Å². The Bertz CT molecular complexity index is 960. The van der Waals surface area contributed by atoms with E-state index in [1.54, 1.807) is 26.0 Å². The summed E-state index contributed by atoms with van der Waals surface area (Å²) >= 11 is 0. The van der Waals surface area contributed by atoms with Crippen molar-refractivity contribution in [3.63, 3.8) is 0 Å². The van der Waals surface area contributed by atoms with E-state index in [1.807, 2.05) is 53.4 Å². The fourth-order valence-corrected chi connectivity index (χ4v) is 3.72. The number of amides is 2. The van der Waals surface area contributed by atoms with Gasteiger partial charge in [-0.1, -0.05) is 24.3 Å². The number of rotatable bonds is 7. The normalized spacial score (nSPS) is 13.8. The SMILES string of the molecule is CN=C(NCCc1cccc(C(=O)N(C)C)c1)NCc1ccc(N2CCCCC2=O)cc1.I. The molecule has 33 heavy (non-hydrogen) atoms. The van der Waals surface area contributed by atoms with Gasteiger partial charge in [-0.05, 0) is 54.7 Å². The molecule has 1 fully saturated rings. The molecule has 1 saturated heterocycles.